The van der Waals surface area contributed by atoms with E-state index in [1.807, 2.05) is 24.3 Å². The van der Waals surface area contributed by atoms with Crippen molar-refractivity contribution in [1.29, 1.82) is 0 Å². The molecule has 0 amide bonds. The number of halogens is 2. The third-order valence-electron chi connectivity index (χ3n) is 3.24. The van der Waals surface area contributed by atoms with Crippen LogP contribution in [0.4, 0.5) is 0 Å². The topological polar surface area (TPSA) is 9.23 Å². The normalized spacial score (nSPS) is 12.3. The van der Waals surface area contributed by atoms with Crippen LogP contribution in [0.2, 0.25) is 0 Å². The van der Waals surface area contributed by atoms with E-state index in [0.717, 1.165) is 26.9 Å². The number of benzene rings is 2. The minimum Gasteiger partial charge on any atom is -0.497 e. The van der Waals surface area contributed by atoms with E-state index < -0.39 is 0 Å². The standard InChI is InChI=1S/C16H16BrClO/c1-10-5-4-6-14(15(10)17)16(18)13-8-7-12(19-3)9-11(13)2/h4-9,16H,1-3H3. The lowest BCUT2D eigenvalue weighted by atomic mass is 9.98. The lowest BCUT2D eigenvalue weighted by Crippen LogP contribution is -1.99. The van der Waals surface area contributed by atoms with E-state index in [2.05, 4.69) is 41.9 Å². The number of alkyl halides is 1. The van der Waals surface area contributed by atoms with E-state index in [0.29, 0.717) is 0 Å². The quantitative estimate of drug-likeness (QED) is 0.680. The first kappa shape index (κ1) is 14.4. The van der Waals surface area contributed by atoms with Crippen molar-refractivity contribution in [3.63, 3.8) is 0 Å². The second-order valence-corrected chi connectivity index (χ2v) is 5.79. The van der Waals surface area contributed by atoms with E-state index in [9.17, 15) is 0 Å². The van der Waals surface area contributed by atoms with Gasteiger partial charge in [-0.25, -0.2) is 0 Å². The number of rotatable bonds is 3. The van der Waals surface area contributed by atoms with Crippen molar-refractivity contribution in [2.45, 2.75) is 19.2 Å². The number of ether oxygens (including phenoxy) is 1. The molecule has 0 aliphatic rings. The maximum atomic E-state index is 6.64. The Bertz CT molecular complexity index is 595. The van der Waals surface area contributed by atoms with Gasteiger partial charge in [-0.1, -0.05) is 40.2 Å². The van der Waals surface area contributed by atoms with Gasteiger partial charge in [0.15, 0.2) is 0 Å². The molecule has 0 spiro atoms. The Morgan fingerprint density at radius 2 is 1.79 bits per heavy atom. The fraction of sp³-hybridized carbons (Fsp3) is 0.250. The molecule has 2 aromatic carbocycles. The summed E-state index contributed by atoms with van der Waals surface area (Å²) in [7, 11) is 1.67. The summed E-state index contributed by atoms with van der Waals surface area (Å²) >= 11 is 10.3. The summed E-state index contributed by atoms with van der Waals surface area (Å²) in [6.07, 6.45) is 0. The van der Waals surface area contributed by atoms with Gasteiger partial charge in [0.25, 0.3) is 0 Å². The molecular formula is C16H16BrClO. The molecule has 19 heavy (non-hydrogen) atoms. The lowest BCUT2D eigenvalue weighted by molar-refractivity contribution is 0.414. The van der Waals surface area contributed by atoms with Gasteiger partial charge < -0.3 is 4.74 Å². The molecule has 1 nitrogen and oxygen atoms in total. The molecule has 0 aromatic heterocycles. The van der Waals surface area contributed by atoms with E-state index in [-0.39, 0.29) is 5.38 Å². The van der Waals surface area contributed by atoms with E-state index >= 15 is 0 Å². The van der Waals surface area contributed by atoms with Crippen LogP contribution in [0.3, 0.4) is 0 Å². The second-order valence-electron chi connectivity index (χ2n) is 4.56. The molecule has 1 atom stereocenters. The first-order valence-corrected chi connectivity index (χ1v) is 7.31. The van der Waals surface area contributed by atoms with Crippen LogP contribution in [0.15, 0.2) is 40.9 Å². The molecule has 0 aliphatic carbocycles. The molecule has 1 unspecified atom stereocenters. The van der Waals surface area contributed by atoms with Crippen molar-refractivity contribution in [2.24, 2.45) is 0 Å². The molecule has 2 aromatic rings. The van der Waals surface area contributed by atoms with Gasteiger partial charge in [-0.15, -0.1) is 11.6 Å². The number of hydrogen-bond acceptors (Lipinski definition) is 1. The summed E-state index contributed by atoms with van der Waals surface area (Å²) in [6.45, 7) is 4.12. The minimum atomic E-state index is -0.166. The molecule has 0 saturated heterocycles. The highest BCUT2D eigenvalue weighted by Gasteiger charge is 2.17. The predicted molar refractivity (Wildman–Crippen MR) is 84.3 cm³/mol. The van der Waals surface area contributed by atoms with Crippen molar-refractivity contribution in [2.75, 3.05) is 7.11 Å². The van der Waals surface area contributed by atoms with Crippen LogP contribution >= 0.6 is 27.5 Å². The summed E-state index contributed by atoms with van der Waals surface area (Å²) in [6, 6.07) is 12.1. The van der Waals surface area contributed by atoms with Gasteiger partial charge in [0.05, 0.1) is 12.5 Å². The van der Waals surface area contributed by atoms with E-state index in [1.54, 1.807) is 7.11 Å². The number of hydrogen-bond donors (Lipinski definition) is 0. The Morgan fingerprint density at radius 1 is 1.05 bits per heavy atom. The van der Waals surface area contributed by atoms with Gasteiger partial charge in [0.1, 0.15) is 5.75 Å². The molecular weight excluding hydrogens is 324 g/mol. The smallest absolute Gasteiger partial charge is 0.119 e. The van der Waals surface area contributed by atoms with Crippen molar-refractivity contribution in [3.8, 4) is 5.75 Å². The first-order valence-electron chi connectivity index (χ1n) is 6.08. The average Bonchev–Trinajstić information content (AvgIpc) is 2.41. The van der Waals surface area contributed by atoms with Crippen LogP contribution in [0.5, 0.6) is 5.75 Å². The molecule has 2 rings (SSSR count). The van der Waals surface area contributed by atoms with E-state index in [4.69, 9.17) is 16.3 Å². The molecule has 3 heteroatoms. The van der Waals surface area contributed by atoms with Crippen LogP contribution in [0.25, 0.3) is 0 Å². The zero-order valence-electron chi connectivity index (χ0n) is 11.2. The third kappa shape index (κ3) is 2.96. The third-order valence-corrected chi connectivity index (χ3v) is 4.80. The number of methoxy groups -OCH3 is 1. The summed E-state index contributed by atoms with van der Waals surface area (Å²) in [4.78, 5) is 0. The Balaban J connectivity index is 2.44. The van der Waals surface area contributed by atoms with Gasteiger partial charge in [0, 0.05) is 4.47 Å². The molecule has 0 N–H and O–H groups in total. The summed E-state index contributed by atoms with van der Waals surface area (Å²) in [5.74, 6) is 0.855. The van der Waals surface area contributed by atoms with Crippen LogP contribution in [-0.4, -0.2) is 7.11 Å². The van der Waals surface area contributed by atoms with Gasteiger partial charge in [-0.3, -0.25) is 0 Å². The molecule has 0 heterocycles. The monoisotopic (exact) mass is 338 g/mol. The second kappa shape index (κ2) is 5.98. The Labute approximate surface area is 127 Å². The van der Waals surface area contributed by atoms with Gasteiger partial charge in [-0.2, -0.15) is 0 Å². The highest BCUT2D eigenvalue weighted by Crippen LogP contribution is 2.37. The van der Waals surface area contributed by atoms with Crippen LogP contribution in [0, 0.1) is 13.8 Å². The zero-order chi connectivity index (χ0) is 14.0. The molecule has 0 bridgehead atoms. The highest BCUT2D eigenvalue weighted by atomic mass is 79.9. The highest BCUT2D eigenvalue weighted by molar-refractivity contribution is 9.10. The zero-order valence-corrected chi connectivity index (χ0v) is 13.5. The summed E-state index contributed by atoms with van der Waals surface area (Å²) < 4.78 is 6.30. The lowest BCUT2D eigenvalue weighted by Gasteiger charge is -2.16. The maximum Gasteiger partial charge on any atom is 0.119 e. The average molecular weight is 340 g/mol. The minimum absolute atomic E-state index is 0.166. The van der Waals surface area contributed by atoms with Gasteiger partial charge in [0.2, 0.25) is 0 Å². The van der Waals surface area contributed by atoms with Crippen LogP contribution in [0.1, 0.15) is 27.6 Å². The van der Waals surface area contributed by atoms with Crippen molar-refractivity contribution in [3.05, 3.63) is 63.1 Å². The Hall–Kier alpha value is -0.990. The number of aryl methyl sites for hydroxylation is 2. The molecule has 0 fully saturated rings. The van der Waals surface area contributed by atoms with Gasteiger partial charge >= 0.3 is 0 Å². The van der Waals surface area contributed by atoms with Gasteiger partial charge in [-0.05, 0) is 48.2 Å². The SMILES string of the molecule is COc1ccc(C(Cl)c2cccc(C)c2Br)c(C)c1. The Morgan fingerprint density at radius 3 is 2.42 bits per heavy atom. The molecule has 0 aliphatic heterocycles. The van der Waals surface area contributed by atoms with Crippen LogP contribution in [-0.2, 0) is 0 Å². The van der Waals surface area contributed by atoms with Crippen molar-refractivity contribution in [1.82, 2.24) is 0 Å². The summed E-state index contributed by atoms with van der Waals surface area (Å²) in [5, 5.41) is -0.166. The fourth-order valence-electron chi connectivity index (χ4n) is 2.09. The molecule has 0 radical (unpaired) electrons. The Kier molecular flexibility index (Phi) is 4.54. The van der Waals surface area contributed by atoms with E-state index in [1.165, 1.54) is 5.56 Å². The van der Waals surface area contributed by atoms with Crippen molar-refractivity contribution < 1.29 is 4.74 Å². The maximum absolute atomic E-state index is 6.64. The predicted octanol–water partition coefficient (Wildman–Crippen LogP) is 5.40. The van der Waals surface area contributed by atoms with Crippen molar-refractivity contribution >= 4 is 27.5 Å². The largest absolute Gasteiger partial charge is 0.497 e. The fourth-order valence-corrected chi connectivity index (χ4v) is 3.14. The first-order chi connectivity index (χ1) is 9.04. The summed E-state index contributed by atoms with van der Waals surface area (Å²) in [5.41, 5.74) is 4.52. The van der Waals surface area contributed by atoms with Crippen LogP contribution < -0.4 is 4.74 Å². The molecule has 100 valence electrons. The molecule has 0 saturated carbocycles.